The van der Waals surface area contributed by atoms with Crippen LogP contribution in [0.15, 0.2) is 18.2 Å². The van der Waals surface area contributed by atoms with E-state index in [0.717, 1.165) is 5.01 Å². The molecule has 3 fully saturated rings. The van der Waals surface area contributed by atoms with E-state index in [1.165, 1.54) is 17.1 Å². The molecule has 4 rings (SSSR count). The Balaban J connectivity index is 1.50. The summed E-state index contributed by atoms with van der Waals surface area (Å²) in [6, 6.07) is 0.828. The Labute approximate surface area is 230 Å². The summed E-state index contributed by atoms with van der Waals surface area (Å²) in [5, 5.41) is 26.5. The monoisotopic (exact) mass is 559 g/mol. The van der Waals surface area contributed by atoms with Gasteiger partial charge in [-0.1, -0.05) is 0 Å². The van der Waals surface area contributed by atoms with Gasteiger partial charge in [0.15, 0.2) is 0 Å². The molecule has 3 aliphatic rings. The number of nitrogens with one attached hydrogen (secondary N) is 2. The van der Waals surface area contributed by atoms with Crippen molar-refractivity contribution < 1.29 is 43.7 Å². The van der Waals surface area contributed by atoms with E-state index in [1.54, 1.807) is 6.07 Å². The lowest BCUT2D eigenvalue weighted by Crippen LogP contribution is -2.64. The number of amides is 4. The summed E-state index contributed by atoms with van der Waals surface area (Å²) >= 11 is 0. The van der Waals surface area contributed by atoms with Crippen LogP contribution in [0.1, 0.15) is 48.0 Å². The Hall–Kier alpha value is -4.04. The lowest BCUT2D eigenvalue weighted by molar-refractivity contribution is -0.176. The number of morpholine rings is 1. The molecule has 3 atom stereocenters. The van der Waals surface area contributed by atoms with Crippen molar-refractivity contribution in [3.63, 3.8) is 0 Å². The Bertz CT molecular complexity index is 1170. The topological polar surface area (TPSA) is 186 Å². The molecular weight excluding hydrogens is 526 g/mol. The van der Waals surface area contributed by atoms with E-state index in [2.05, 4.69) is 15.5 Å². The number of aldehydes is 1. The Morgan fingerprint density at radius 1 is 1.12 bits per heavy atom. The zero-order chi connectivity index (χ0) is 28.8. The molecule has 1 aromatic carbocycles. The minimum atomic E-state index is -1.30. The summed E-state index contributed by atoms with van der Waals surface area (Å²) in [5.74, 6) is -3.64. The third-order valence-corrected chi connectivity index (χ3v) is 7.20. The zero-order valence-electron chi connectivity index (χ0n) is 21.9. The van der Waals surface area contributed by atoms with Gasteiger partial charge in [-0.15, -0.1) is 0 Å². The smallest absolute Gasteiger partial charge is 0.305 e. The third-order valence-electron chi connectivity index (χ3n) is 7.20. The number of carboxylic acid groups (broad SMARTS) is 1. The van der Waals surface area contributed by atoms with Gasteiger partial charge in [-0.05, 0) is 37.5 Å². The number of ether oxygens (including phenoxy) is 1. The van der Waals surface area contributed by atoms with Crippen molar-refractivity contribution in [1.29, 1.82) is 0 Å². The first kappa shape index (κ1) is 29.0. The highest BCUT2D eigenvalue weighted by Gasteiger charge is 2.45. The maximum absolute atomic E-state index is 13.6. The van der Waals surface area contributed by atoms with Crippen LogP contribution in [0.2, 0.25) is 0 Å². The molecule has 0 radical (unpaired) electrons. The predicted octanol–water partition coefficient (Wildman–Crippen LogP) is -0.990. The number of benzene rings is 1. The van der Waals surface area contributed by atoms with Crippen molar-refractivity contribution >= 4 is 35.9 Å². The van der Waals surface area contributed by atoms with Crippen LogP contribution in [0.5, 0.6) is 5.75 Å². The number of carbonyl (C=O) groups is 6. The van der Waals surface area contributed by atoms with Gasteiger partial charge in [0.2, 0.25) is 11.8 Å². The van der Waals surface area contributed by atoms with Crippen LogP contribution in [0, 0.1) is 0 Å². The second kappa shape index (κ2) is 12.9. The van der Waals surface area contributed by atoms with Gasteiger partial charge in [0.1, 0.15) is 24.1 Å². The highest BCUT2D eigenvalue weighted by molar-refractivity contribution is 6.00. The molecular formula is C26H33N5O9. The molecule has 216 valence electrons. The number of carbonyl (C=O) groups excluding carboxylic acids is 5. The molecule has 0 spiro atoms. The average Bonchev–Trinajstić information content (AvgIpc) is 3.06. The van der Waals surface area contributed by atoms with Crippen LogP contribution in [0.3, 0.4) is 0 Å². The van der Waals surface area contributed by atoms with Crippen LogP contribution in [0.4, 0.5) is 0 Å². The van der Waals surface area contributed by atoms with E-state index >= 15 is 0 Å². The first-order valence-electron chi connectivity index (χ1n) is 13.2. The summed E-state index contributed by atoms with van der Waals surface area (Å²) in [5.41, 5.74) is 0.763. The number of phenols is 1. The van der Waals surface area contributed by atoms with Crippen molar-refractivity contribution in [3.05, 3.63) is 29.3 Å². The van der Waals surface area contributed by atoms with Crippen molar-refractivity contribution in [2.75, 3.05) is 32.8 Å². The third kappa shape index (κ3) is 6.74. The Kier molecular flexibility index (Phi) is 9.32. The number of phenolic OH excluding ortho intramolecular Hbond substituents is 1. The molecule has 3 saturated heterocycles. The summed E-state index contributed by atoms with van der Waals surface area (Å²) < 4.78 is 5.35. The highest BCUT2D eigenvalue weighted by Crippen LogP contribution is 2.26. The quantitative estimate of drug-likeness (QED) is 0.274. The predicted molar refractivity (Wildman–Crippen MR) is 137 cm³/mol. The molecule has 4 N–H and O–H groups in total. The summed E-state index contributed by atoms with van der Waals surface area (Å²) in [6.45, 7) is 3.13. The van der Waals surface area contributed by atoms with Gasteiger partial charge in [0.25, 0.3) is 11.8 Å². The minimum absolute atomic E-state index is 0.0133. The first-order chi connectivity index (χ1) is 19.2. The number of hydrogen-bond donors (Lipinski definition) is 4. The number of aromatic hydroxyl groups is 1. The number of hydrogen-bond acceptors (Lipinski definition) is 9. The van der Waals surface area contributed by atoms with Crippen LogP contribution in [-0.2, 0) is 35.3 Å². The zero-order valence-corrected chi connectivity index (χ0v) is 21.9. The minimum Gasteiger partial charge on any atom is -0.508 e. The van der Waals surface area contributed by atoms with E-state index in [0.29, 0.717) is 51.1 Å². The maximum Gasteiger partial charge on any atom is 0.305 e. The number of aliphatic carboxylic acids is 1. The van der Waals surface area contributed by atoms with E-state index in [4.69, 9.17) is 9.84 Å². The molecule has 4 amide bonds. The van der Waals surface area contributed by atoms with Gasteiger partial charge in [0.05, 0.1) is 25.7 Å². The van der Waals surface area contributed by atoms with Crippen LogP contribution >= 0.6 is 0 Å². The Morgan fingerprint density at radius 3 is 2.58 bits per heavy atom. The van der Waals surface area contributed by atoms with Gasteiger partial charge in [0, 0.05) is 43.7 Å². The van der Waals surface area contributed by atoms with Crippen molar-refractivity contribution in [2.45, 2.75) is 56.8 Å². The van der Waals surface area contributed by atoms with E-state index in [1.807, 2.05) is 0 Å². The van der Waals surface area contributed by atoms with Gasteiger partial charge in [-0.2, -0.15) is 0 Å². The van der Waals surface area contributed by atoms with Crippen LogP contribution in [0.25, 0.3) is 0 Å². The van der Waals surface area contributed by atoms with Gasteiger partial charge in [-0.25, -0.2) is 5.01 Å². The fourth-order valence-corrected chi connectivity index (χ4v) is 5.10. The van der Waals surface area contributed by atoms with Crippen LogP contribution < -0.4 is 10.6 Å². The van der Waals surface area contributed by atoms with E-state index in [9.17, 15) is 33.9 Å². The molecule has 0 aromatic heterocycles. The molecule has 0 aliphatic carbocycles. The second-order valence-electron chi connectivity index (χ2n) is 10.0. The number of hydrazine groups is 1. The largest absolute Gasteiger partial charge is 0.508 e. The van der Waals surface area contributed by atoms with Crippen LogP contribution in [-0.4, -0.2) is 112 Å². The van der Waals surface area contributed by atoms with Gasteiger partial charge < -0.3 is 30.4 Å². The number of carboxylic acids is 1. The molecule has 3 heterocycles. The summed E-state index contributed by atoms with van der Waals surface area (Å²) in [7, 11) is 0. The number of fused-ring (bicyclic) bond motifs is 1. The lowest BCUT2D eigenvalue weighted by Gasteiger charge is -2.43. The molecule has 3 aliphatic heterocycles. The summed E-state index contributed by atoms with van der Waals surface area (Å²) in [6.07, 6.45) is 0.237. The van der Waals surface area contributed by atoms with Crippen molar-refractivity contribution in [1.82, 2.24) is 25.6 Å². The molecule has 14 heteroatoms. The second-order valence-corrected chi connectivity index (χ2v) is 10.0. The molecule has 40 heavy (non-hydrogen) atoms. The highest BCUT2D eigenvalue weighted by atomic mass is 16.5. The number of rotatable bonds is 9. The SMILES string of the molecule is O=CC(CC(=O)O)NC(=O)C1CCCN2C(=O)CCC(NC(=O)c3ccc(O)c(CN4CCOCC4)c3)C(=O)N12. The average molecular weight is 560 g/mol. The van der Waals surface area contributed by atoms with E-state index in [-0.39, 0.29) is 37.1 Å². The van der Waals surface area contributed by atoms with Crippen molar-refractivity contribution in [2.24, 2.45) is 0 Å². The van der Waals surface area contributed by atoms with Crippen molar-refractivity contribution in [3.8, 4) is 5.75 Å². The molecule has 0 bridgehead atoms. The number of nitrogens with zero attached hydrogens (tertiary/aromatic N) is 3. The van der Waals surface area contributed by atoms with Gasteiger partial charge >= 0.3 is 5.97 Å². The fraction of sp³-hybridized carbons (Fsp3) is 0.538. The molecule has 3 unspecified atom stereocenters. The normalized spacial score (nSPS) is 22.6. The summed E-state index contributed by atoms with van der Waals surface area (Å²) in [4.78, 5) is 77.1. The van der Waals surface area contributed by atoms with Gasteiger partial charge in [-0.3, -0.25) is 33.9 Å². The maximum atomic E-state index is 13.6. The van der Waals surface area contributed by atoms with E-state index < -0.39 is 54.1 Å². The lowest BCUT2D eigenvalue weighted by atomic mass is 10.0. The fourth-order valence-electron chi connectivity index (χ4n) is 5.10. The molecule has 0 saturated carbocycles. The molecule has 14 nitrogen and oxygen atoms in total. The first-order valence-corrected chi connectivity index (χ1v) is 13.2. The molecule has 1 aromatic rings. The standard InChI is InChI=1S/C26H33N5O9/c32-15-18(13-23(35)36)27-25(38)20-2-1-7-30-22(34)6-4-19(26(39)31(20)30)28-24(37)16-3-5-21(33)17(12-16)14-29-8-10-40-11-9-29/h3,5,12,15,18-20,33H,1-2,4,6-11,13-14H2,(H,27,38)(H,28,37)(H,35,36). The Morgan fingerprint density at radius 2 is 1.88 bits per heavy atom.